The summed E-state index contributed by atoms with van der Waals surface area (Å²) in [6.07, 6.45) is 16.0. The number of allylic oxidation sites excluding steroid dienone is 12. The van der Waals surface area contributed by atoms with Gasteiger partial charge < -0.3 is 0 Å². The Hall–Kier alpha value is -1.82. The van der Waals surface area contributed by atoms with Crippen LogP contribution in [0.15, 0.2) is 84.1 Å². The fourth-order valence-corrected chi connectivity index (χ4v) is 1.06. The van der Waals surface area contributed by atoms with Gasteiger partial charge in [0.25, 0.3) is 0 Å². The first kappa shape index (κ1) is 40.8. The monoisotopic (exact) mass is 390 g/mol. The molecule has 0 aliphatic carbocycles. The molecule has 0 aromatic rings. The van der Waals surface area contributed by atoms with Crippen LogP contribution in [0.2, 0.25) is 0 Å². The van der Waals surface area contributed by atoms with Gasteiger partial charge in [0, 0.05) is 0 Å². The quantitative estimate of drug-likeness (QED) is 0.330. The van der Waals surface area contributed by atoms with Crippen LogP contribution in [-0.2, 0) is 0 Å². The van der Waals surface area contributed by atoms with Gasteiger partial charge in [-0.15, -0.1) is 6.58 Å². The molecule has 0 saturated heterocycles. The smallest absolute Gasteiger partial charge is 0.0395 e. The van der Waals surface area contributed by atoms with E-state index < -0.39 is 0 Å². The molecule has 0 saturated carbocycles. The molecule has 0 spiro atoms. The van der Waals surface area contributed by atoms with Gasteiger partial charge in [-0.2, -0.15) is 0 Å². The molecule has 0 atom stereocenters. The molecule has 0 aromatic heterocycles. The van der Waals surface area contributed by atoms with Gasteiger partial charge in [-0.25, -0.2) is 0 Å². The fourth-order valence-electron chi connectivity index (χ4n) is 1.06. The van der Waals surface area contributed by atoms with Crippen molar-refractivity contribution < 1.29 is 0 Å². The van der Waals surface area contributed by atoms with Crippen molar-refractivity contribution in [1.29, 1.82) is 0 Å². The number of hydrogen-bond donors (Lipinski definition) is 0. The Labute approximate surface area is 181 Å². The highest BCUT2D eigenvalue weighted by atomic mass is 13.9. The van der Waals surface area contributed by atoms with Crippen molar-refractivity contribution >= 4 is 0 Å². The van der Waals surface area contributed by atoms with Crippen molar-refractivity contribution in [1.82, 2.24) is 0 Å². The average molecular weight is 391 g/mol. The van der Waals surface area contributed by atoms with E-state index >= 15 is 0 Å². The van der Waals surface area contributed by atoms with Crippen molar-refractivity contribution in [2.75, 3.05) is 0 Å². The summed E-state index contributed by atoms with van der Waals surface area (Å²) in [4.78, 5) is 0. The lowest BCUT2D eigenvalue weighted by Gasteiger charge is -1.95. The molecular formula is C28H54. The third kappa shape index (κ3) is 44.0. The van der Waals surface area contributed by atoms with Crippen LogP contribution in [0.4, 0.5) is 0 Å². The first-order valence-electron chi connectivity index (χ1n) is 10.8. The second-order valence-electron chi connectivity index (χ2n) is 4.81. The van der Waals surface area contributed by atoms with E-state index in [2.05, 4.69) is 72.9 Å². The zero-order valence-corrected chi connectivity index (χ0v) is 22.0. The molecule has 0 N–H and O–H groups in total. The van der Waals surface area contributed by atoms with Gasteiger partial charge in [-0.05, 0) is 66.5 Å². The summed E-state index contributed by atoms with van der Waals surface area (Å²) in [5.41, 5.74) is 5.23. The predicted molar refractivity (Wildman–Crippen MR) is 141 cm³/mol. The Morgan fingerprint density at radius 3 is 1.11 bits per heavy atom. The summed E-state index contributed by atoms with van der Waals surface area (Å²) in [7, 11) is 0. The van der Waals surface area contributed by atoms with E-state index in [0.29, 0.717) is 0 Å². The second-order valence-corrected chi connectivity index (χ2v) is 4.81. The van der Waals surface area contributed by atoms with Crippen molar-refractivity contribution in [2.45, 2.75) is 96.9 Å². The van der Waals surface area contributed by atoms with E-state index in [1.165, 1.54) is 22.3 Å². The van der Waals surface area contributed by atoms with Crippen molar-refractivity contribution in [3.05, 3.63) is 84.1 Å². The van der Waals surface area contributed by atoms with E-state index in [9.17, 15) is 0 Å². The van der Waals surface area contributed by atoms with Crippen LogP contribution in [0.1, 0.15) is 96.9 Å². The molecule has 0 aliphatic heterocycles. The molecular weight excluding hydrogens is 336 g/mol. The molecule has 0 unspecified atom stereocenters. The zero-order chi connectivity index (χ0) is 24.0. The molecule has 166 valence electrons. The zero-order valence-electron chi connectivity index (χ0n) is 22.0. The van der Waals surface area contributed by atoms with Crippen LogP contribution in [0.25, 0.3) is 0 Å². The van der Waals surface area contributed by atoms with Gasteiger partial charge in [0.1, 0.15) is 0 Å². The van der Waals surface area contributed by atoms with Crippen molar-refractivity contribution in [3.63, 3.8) is 0 Å². The molecule has 0 nitrogen and oxygen atoms in total. The summed E-state index contributed by atoms with van der Waals surface area (Å²) in [5, 5.41) is 0. The molecule has 0 aromatic carbocycles. The minimum absolute atomic E-state index is 1.23. The Bertz CT molecular complexity index is 419. The highest BCUT2D eigenvalue weighted by Gasteiger charge is 1.85. The summed E-state index contributed by atoms with van der Waals surface area (Å²) in [6, 6.07) is 0. The first-order valence-corrected chi connectivity index (χ1v) is 10.8. The largest absolute Gasteiger partial charge is 0.103 e. The third-order valence-corrected chi connectivity index (χ3v) is 3.07. The maximum absolute atomic E-state index is 3.70. The normalized spacial score (nSPS) is 10.8. The third-order valence-electron chi connectivity index (χ3n) is 3.07. The summed E-state index contributed by atoms with van der Waals surface area (Å²) >= 11 is 0. The van der Waals surface area contributed by atoms with E-state index in [1.54, 1.807) is 6.08 Å². The van der Waals surface area contributed by atoms with Crippen LogP contribution < -0.4 is 0 Å². The summed E-state index contributed by atoms with van der Waals surface area (Å²) in [5.74, 6) is 0. The molecule has 0 bridgehead atoms. The van der Waals surface area contributed by atoms with Gasteiger partial charge >= 0.3 is 0 Å². The first-order chi connectivity index (χ1) is 13.4. The van der Waals surface area contributed by atoms with Crippen LogP contribution in [0.3, 0.4) is 0 Å². The Morgan fingerprint density at radius 1 is 0.571 bits per heavy atom. The average Bonchev–Trinajstić information content (AvgIpc) is 2.77. The molecule has 0 radical (unpaired) electrons. The topological polar surface area (TPSA) is 0 Å². The van der Waals surface area contributed by atoms with Gasteiger partial charge in [0.2, 0.25) is 0 Å². The molecule has 0 rings (SSSR count). The van der Waals surface area contributed by atoms with Gasteiger partial charge in [0.15, 0.2) is 0 Å². The molecule has 0 fully saturated rings. The van der Waals surface area contributed by atoms with E-state index in [1.807, 2.05) is 79.7 Å². The maximum atomic E-state index is 3.70. The van der Waals surface area contributed by atoms with Crippen LogP contribution >= 0.6 is 0 Å². The number of rotatable bonds is 4. The van der Waals surface area contributed by atoms with Gasteiger partial charge in [-0.3, -0.25) is 0 Å². The van der Waals surface area contributed by atoms with Crippen LogP contribution in [0, 0.1) is 0 Å². The Balaban J connectivity index is -0.0000000623. The van der Waals surface area contributed by atoms with Gasteiger partial charge in [-0.1, -0.05) is 108 Å². The van der Waals surface area contributed by atoms with Gasteiger partial charge in [0.05, 0.1) is 0 Å². The van der Waals surface area contributed by atoms with Crippen molar-refractivity contribution in [3.8, 4) is 0 Å². The molecule has 0 aliphatic rings. The minimum Gasteiger partial charge on any atom is -0.103 e. The van der Waals surface area contributed by atoms with Crippen molar-refractivity contribution in [2.24, 2.45) is 0 Å². The van der Waals surface area contributed by atoms with Crippen LogP contribution in [-0.4, -0.2) is 0 Å². The van der Waals surface area contributed by atoms with E-state index in [4.69, 9.17) is 0 Å². The highest BCUT2D eigenvalue weighted by molar-refractivity contribution is 5.30. The molecule has 0 heterocycles. The summed E-state index contributed by atoms with van der Waals surface area (Å²) in [6.45, 7) is 35.4. The maximum Gasteiger partial charge on any atom is -0.0395 e. The van der Waals surface area contributed by atoms with E-state index in [-0.39, 0.29) is 0 Å². The predicted octanol–water partition coefficient (Wildman–Crippen LogP) is 10.8. The van der Waals surface area contributed by atoms with Crippen LogP contribution in [0.5, 0.6) is 0 Å². The Morgan fingerprint density at radius 2 is 0.893 bits per heavy atom. The lowest BCUT2D eigenvalue weighted by Crippen LogP contribution is -1.74. The SMILES string of the molecule is C/C=C(C)\C(C)=C/C.C=CC.C=C\C(C)=C(C)/C=C\C=C/C.CC.CC.CC. The Kier molecular flexibility index (Phi) is 64.8. The molecule has 0 heteroatoms. The lowest BCUT2D eigenvalue weighted by molar-refractivity contribution is 1.31. The lowest BCUT2D eigenvalue weighted by atomic mass is 10.1. The number of hydrogen-bond acceptors (Lipinski definition) is 0. The van der Waals surface area contributed by atoms with E-state index in [0.717, 1.165) is 0 Å². The molecule has 28 heavy (non-hydrogen) atoms. The second kappa shape index (κ2) is 44.5. The minimum atomic E-state index is 1.23. The molecule has 0 amide bonds. The highest BCUT2D eigenvalue weighted by Crippen LogP contribution is 2.06. The standard InChI is InChI=1S/C11H16.C8H14.C3H6.3C2H6/c1-5-7-8-9-11(4)10(3)6-2;1-5-7(3)8(4)6-2;1-3-2;3*1-2/h5-9H,2H2,1,3-4H3;5-6H,1-4H3;3H,1H2,2H3;3*1-2H3/b7-5-,9-8-,11-10-;7-5-,8-6-;;;;. The fraction of sp³-hybridized carbons (Fsp3) is 0.500. The summed E-state index contributed by atoms with van der Waals surface area (Å²) < 4.78 is 0.